The number of rotatable bonds is 5. The lowest BCUT2D eigenvalue weighted by atomic mass is 10.4. The van der Waals surface area contributed by atoms with Crippen LogP contribution in [0, 0.1) is 0 Å². The van der Waals surface area contributed by atoms with E-state index in [4.69, 9.17) is 5.73 Å². The lowest BCUT2D eigenvalue weighted by molar-refractivity contribution is 0.0778. The Morgan fingerprint density at radius 2 is 1.88 bits per heavy atom. The van der Waals surface area contributed by atoms with E-state index < -0.39 is 0 Å². The number of hydrogen-bond donors (Lipinski definition) is 1. The Balaban J connectivity index is 2.98. The van der Waals surface area contributed by atoms with Gasteiger partial charge in [0.1, 0.15) is 10.7 Å². The normalized spacial score (nSPS) is 10.4. The second-order valence-electron chi connectivity index (χ2n) is 3.70. The Morgan fingerprint density at radius 1 is 1.29 bits per heavy atom. The van der Waals surface area contributed by atoms with Gasteiger partial charge in [-0.05, 0) is 20.8 Å². The molecule has 0 aliphatic rings. The van der Waals surface area contributed by atoms with Gasteiger partial charge in [0.15, 0.2) is 5.13 Å². The van der Waals surface area contributed by atoms with Gasteiger partial charge in [-0.1, -0.05) is 11.3 Å². The van der Waals surface area contributed by atoms with Crippen LogP contribution in [0.2, 0.25) is 0 Å². The molecular formula is C11H20N4OS. The topological polar surface area (TPSA) is 62.5 Å². The summed E-state index contributed by atoms with van der Waals surface area (Å²) in [4.78, 5) is 20.6. The van der Waals surface area contributed by atoms with Crippen LogP contribution in [-0.2, 0) is 0 Å². The van der Waals surface area contributed by atoms with Crippen molar-refractivity contribution in [1.29, 1.82) is 0 Å². The molecule has 1 rings (SSSR count). The van der Waals surface area contributed by atoms with Crippen molar-refractivity contribution in [2.24, 2.45) is 0 Å². The molecule has 1 heterocycles. The highest BCUT2D eigenvalue weighted by atomic mass is 32.1. The molecule has 0 aliphatic carbocycles. The molecule has 0 spiro atoms. The van der Waals surface area contributed by atoms with Gasteiger partial charge in [-0.15, -0.1) is 0 Å². The standard InChI is InChI=1S/C11H20N4OS/c1-5-14(4)11-13-9(12)8(17-11)10(16)15(6-2)7-3/h5-7,12H2,1-4H3. The first-order valence-corrected chi connectivity index (χ1v) is 6.63. The number of anilines is 2. The fraction of sp³-hybridized carbons (Fsp3) is 0.636. The summed E-state index contributed by atoms with van der Waals surface area (Å²) in [7, 11) is 1.93. The lowest BCUT2D eigenvalue weighted by Crippen LogP contribution is -2.30. The van der Waals surface area contributed by atoms with E-state index in [9.17, 15) is 4.79 Å². The molecule has 6 heteroatoms. The van der Waals surface area contributed by atoms with Crippen molar-refractivity contribution in [1.82, 2.24) is 9.88 Å². The van der Waals surface area contributed by atoms with Gasteiger partial charge in [-0.3, -0.25) is 4.79 Å². The second-order valence-corrected chi connectivity index (χ2v) is 4.68. The van der Waals surface area contributed by atoms with E-state index in [0.717, 1.165) is 11.7 Å². The molecule has 5 nitrogen and oxygen atoms in total. The average Bonchev–Trinajstić information content (AvgIpc) is 2.71. The highest BCUT2D eigenvalue weighted by Crippen LogP contribution is 2.28. The molecule has 96 valence electrons. The van der Waals surface area contributed by atoms with Gasteiger partial charge in [0, 0.05) is 26.7 Å². The van der Waals surface area contributed by atoms with E-state index in [-0.39, 0.29) is 5.91 Å². The number of carbonyl (C=O) groups excluding carboxylic acids is 1. The number of nitrogens with zero attached hydrogens (tertiary/aromatic N) is 3. The molecule has 0 bridgehead atoms. The largest absolute Gasteiger partial charge is 0.382 e. The number of thiazole rings is 1. The Kier molecular flexibility index (Phi) is 4.74. The Labute approximate surface area is 106 Å². The maximum Gasteiger partial charge on any atom is 0.267 e. The van der Waals surface area contributed by atoms with Crippen LogP contribution in [0.5, 0.6) is 0 Å². The number of hydrogen-bond acceptors (Lipinski definition) is 5. The summed E-state index contributed by atoms with van der Waals surface area (Å²) in [5.74, 6) is 0.308. The van der Waals surface area contributed by atoms with Crippen molar-refractivity contribution in [3.05, 3.63) is 4.88 Å². The Hall–Kier alpha value is -1.30. The Morgan fingerprint density at radius 3 is 2.35 bits per heavy atom. The Bertz CT molecular complexity index is 387. The van der Waals surface area contributed by atoms with Gasteiger partial charge in [0.25, 0.3) is 5.91 Å². The molecule has 1 amide bonds. The minimum Gasteiger partial charge on any atom is -0.382 e. The van der Waals surface area contributed by atoms with Crippen LogP contribution in [-0.4, -0.2) is 42.5 Å². The zero-order chi connectivity index (χ0) is 13.0. The summed E-state index contributed by atoms with van der Waals surface area (Å²) in [5.41, 5.74) is 5.81. The van der Waals surface area contributed by atoms with Crippen LogP contribution in [0.1, 0.15) is 30.4 Å². The quantitative estimate of drug-likeness (QED) is 0.870. The molecule has 17 heavy (non-hydrogen) atoms. The van der Waals surface area contributed by atoms with Gasteiger partial charge in [0.2, 0.25) is 0 Å². The minimum atomic E-state index is -0.0271. The number of nitrogen functional groups attached to an aromatic ring is 1. The summed E-state index contributed by atoms with van der Waals surface area (Å²) in [5, 5.41) is 0.792. The SMILES string of the molecule is CCN(CC)C(=O)c1sc(N(C)CC)nc1N. The van der Waals surface area contributed by atoms with E-state index in [1.165, 1.54) is 11.3 Å². The maximum atomic E-state index is 12.1. The average molecular weight is 256 g/mol. The minimum absolute atomic E-state index is 0.0271. The highest BCUT2D eigenvalue weighted by molar-refractivity contribution is 7.18. The fourth-order valence-electron chi connectivity index (χ4n) is 1.43. The van der Waals surface area contributed by atoms with E-state index in [0.29, 0.717) is 23.8 Å². The maximum absolute atomic E-state index is 12.1. The van der Waals surface area contributed by atoms with Crippen molar-refractivity contribution in [3.63, 3.8) is 0 Å². The molecule has 1 aromatic heterocycles. The monoisotopic (exact) mass is 256 g/mol. The first kappa shape index (κ1) is 13.8. The van der Waals surface area contributed by atoms with Crippen LogP contribution >= 0.6 is 11.3 Å². The van der Waals surface area contributed by atoms with E-state index in [1.54, 1.807) is 4.90 Å². The van der Waals surface area contributed by atoms with Crippen LogP contribution in [0.4, 0.5) is 10.9 Å². The predicted octanol–water partition coefficient (Wildman–Crippen LogP) is 1.66. The van der Waals surface area contributed by atoms with Gasteiger partial charge >= 0.3 is 0 Å². The second kappa shape index (κ2) is 5.86. The number of carbonyl (C=O) groups is 1. The third-order valence-electron chi connectivity index (χ3n) is 2.69. The molecule has 0 aliphatic heterocycles. The predicted molar refractivity (Wildman–Crippen MR) is 72.7 cm³/mol. The smallest absolute Gasteiger partial charge is 0.267 e. The van der Waals surface area contributed by atoms with E-state index >= 15 is 0 Å². The summed E-state index contributed by atoms with van der Waals surface area (Å²) < 4.78 is 0. The lowest BCUT2D eigenvalue weighted by Gasteiger charge is -2.17. The summed E-state index contributed by atoms with van der Waals surface area (Å²) in [6.45, 7) is 8.15. The van der Waals surface area contributed by atoms with E-state index in [2.05, 4.69) is 4.98 Å². The molecule has 0 unspecified atom stereocenters. The van der Waals surface area contributed by atoms with Gasteiger partial charge in [0.05, 0.1) is 0 Å². The van der Waals surface area contributed by atoms with Crippen molar-refractivity contribution < 1.29 is 4.79 Å². The molecule has 0 aromatic carbocycles. The summed E-state index contributed by atoms with van der Waals surface area (Å²) in [6, 6.07) is 0. The number of amides is 1. The zero-order valence-electron chi connectivity index (χ0n) is 10.9. The molecule has 0 atom stereocenters. The molecule has 0 fully saturated rings. The van der Waals surface area contributed by atoms with Crippen LogP contribution in [0.25, 0.3) is 0 Å². The first-order chi connectivity index (χ1) is 8.04. The van der Waals surface area contributed by atoms with Crippen LogP contribution < -0.4 is 10.6 Å². The molecule has 0 radical (unpaired) electrons. The van der Waals surface area contributed by atoms with Gasteiger partial charge in [-0.2, -0.15) is 0 Å². The summed E-state index contributed by atoms with van der Waals surface area (Å²) in [6.07, 6.45) is 0. The summed E-state index contributed by atoms with van der Waals surface area (Å²) >= 11 is 1.36. The molecule has 2 N–H and O–H groups in total. The zero-order valence-corrected chi connectivity index (χ0v) is 11.7. The van der Waals surface area contributed by atoms with Crippen LogP contribution in [0.15, 0.2) is 0 Å². The van der Waals surface area contributed by atoms with Gasteiger partial charge < -0.3 is 15.5 Å². The molecule has 0 saturated heterocycles. The first-order valence-electron chi connectivity index (χ1n) is 5.81. The van der Waals surface area contributed by atoms with Gasteiger partial charge in [-0.25, -0.2) is 4.98 Å². The third-order valence-corrected chi connectivity index (χ3v) is 3.86. The number of aromatic nitrogens is 1. The number of nitrogens with two attached hydrogens (primary N) is 1. The van der Waals surface area contributed by atoms with Crippen molar-refractivity contribution in [2.45, 2.75) is 20.8 Å². The fourth-order valence-corrected chi connectivity index (χ4v) is 2.40. The van der Waals surface area contributed by atoms with Crippen LogP contribution in [0.3, 0.4) is 0 Å². The van der Waals surface area contributed by atoms with Crippen molar-refractivity contribution >= 4 is 28.2 Å². The van der Waals surface area contributed by atoms with Crippen molar-refractivity contribution in [2.75, 3.05) is 37.3 Å². The molecular weight excluding hydrogens is 236 g/mol. The molecule has 1 aromatic rings. The third kappa shape index (κ3) is 2.88. The van der Waals surface area contributed by atoms with Crippen molar-refractivity contribution in [3.8, 4) is 0 Å². The van der Waals surface area contributed by atoms with E-state index in [1.807, 2.05) is 32.7 Å². The highest BCUT2D eigenvalue weighted by Gasteiger charge is 2.21. The molecule has 0 saturated carbocycles.